The molecule has 1 aliphatic rings. The molecule has 5 nitrogen and oxygen atoms in total. The Morgan fingerprint density at radius 3 is 2.64 bits per heavy atom. The van der Waals surface area contributed by atoms with Gasteiger partial charge in [0, 0.05) is 16.9 Å². The van der Waals surface area contributed by atoms with Crippen molar-refractivity contribution in [2.45, 2.75) is 12.8 Å². The smallest absolute Gasteiger partial charge is 0.207 e. The normalized spacial score (nSPS) is 13.4. The number of aryl methyl sites for hydroxylation is 1. The van der Waals surface area contributed by atoms with Crippen LogP contribution in [0.2, 0.25) is 0 Å². The third kappa shape index (κ3) is 4.46. The fourth-order valence-corrected chi connectivity index (χ4v) is 4.81. The second-order valence-electron chi connectivity index (χ2n) is 7.57. The van der Waals surface area contributed by atoms with Gasteiger partial charge in [-0.05, 0) is 30.5 Å². The Bertz CT molecular complexity index is 1270. The van der Waals surface area contributed by atoms with Crippen molar-refractivity contribution in [3.63, 3.8) is 0 Å². The number of Topliss-reactive ketones (excluding diaryl/α,β-unsaturated/α-hetero) is 1. The topological polar surface area (TPSA) is 71.0 Å². The van der Waals surface area contributed by atoms with Crippen molar-refractivity contribution in [3.8, 4) is 23.0 Å². The zero-order chi connectivity index (χ0) is 23.2. The van der Waals surface area contributed by atoms with Crippen LogP contribution in [0.15, 0.2) is 84.9 Å². The molecule has 1 atom stereocenters. The molecule has 2 aromatic carbocycles. The van der Waals surface area contributed by atoms with E-state index in [1.807, 2.05) is 47.1 Å². The lowest BCUT2D eigenvalue weighted by Gasteiger charge is -2.19. The van der Waals surface area contributed by atoms with Gasteiger partial charge in [0.2, 0.25) is 5.78 Å². The summed E-state index contributed by atoms with van der Waals surface area (Å²) in [4.78, 5) is 18.2. The fraction of sp³-hybridized carbons (Fsp3) is 0.185. The van der Waals surface area contributed by atoms with Gasteiger partial charge in [0.25, 0.3) is 0 Å². The first-order valence-electron chi connectivity index (χ1n) is 10.8. The van der Waals surface area contributed by atoms with Gasteiger partial charge in [-0.25, -0.2) is 4.68 Å². The number of rotatable bonds is 8. The molecule has 164 valence electrons. The first-order valence-corrected chi connectivity index (χ1v) is 11.8. The van der Waals surface area contributed by atoms with Crippen molar-refractivity contribution in [1.29, 1.82) is 5.26 Å². The quantitative estimate of drug-likeness (QED) is 0.197. The molecule has 0 aliphatic heterocycles. The van der Waals surface area contributed by atoms with E-state index in [9.17, 15) is 10.1 Å². The van der Waals surface area contributed by atoms with Crippen molar-refractivity contribution < 1.29 is 4.79 Å². The average molecular weight is 453 g/mol. The summed E-state index contributed by atoms with van der Waals surface area (Å²) in [6.45, 7) is 7.78. The zero-order valence-electron chi connectivity index (χ0n) is 18.3. The Labute approximate surface area is 198 Å². The van der Waals surface area contributed by atoms with Crippen molar-refractivity contribution in [3.05, 3.63) is 96.7 Å². The summed E-state index contributed by atoms with van der Waals surface area (Å²) in [6.07, 6.45) is 4.90. The maximum Gasteiger partial charge on any atom is 0.207 e. The van der Waals surface area contributed by atoms with Crippen LogP contribution in [0.1, 0.15) is 21.6 Å². The SMILES string of the molecule is C=CCN=C(SCC=C)C(C#N)C(=O)c1nn(-c2ccccc2)c2c1CCc1ccccc1-2. The van der Waals surface area contributed by atoms with Crippen molar-refractivity contribution in [1.82, 2.24) is 9.78 Å². The first-order chi connectivity index (χ1) is 16.2. The number of nitrogens with zero attached hydrogens (tertiary/aromatic N) is 4. The summed E-state index contributed by atoms with van der Waals surface area (Å²) in [5.74, 6) is -0.775. The molecule has 0 saturated heterocycles. The van der Waals surface area contributed by atoms with E-state index in [0.29, 0.717) is 29.5 Å². The number of benzene rings is 2. The minimum atomic E-state index is -1.02. The van der Waals surface area contributed by atoms with Crippen molar-refractivity contribution in [2.24, 2.45) is 10.9 Å². The van der Waals surface area contributed by atoms with E-state index in [-0.39, 0.29) is 5.78 Å². The van der Waals surface area contributed by atoms with Gasteiger partial charge in [-0.2, -0.15) is 10.4 Å². The molecular weight excluding hydrogens is 428 g/mol. The molecule has 1 unspecified atom stereocenters. The molecule has 0 radical (unpaired) electrons. The van der Waals surface area contributed by atoms with E-state index in [0.717, 1.165) is 28.9 Å². The molecule has 0 amide bonds. The molecule has 1 aromatic heterocycles. The Hall–Kier alpha value is -3.69. The second-order valence-corrected chi connectivity index (χ2v) is 8.61. The van der Waals surface area contributed by atoms with Crippen LogP contribution in [-0.2, 0) is 12.8 Å². The Kier molecular flexibility index (Phi) is 7.01. The van der Waals surface area contributed by atoms with Crippen LogP contribution in [-0.4, -0.2) is 32.9 Å². The number of carbonyl (C=O) groups is 1. The third-order valence-electron chi connectivity index (χ3n) is 5.50. The third-order valence-corrected chi connectivity index (χ3v) is 6.56. The molecule has 1 heterocycles. The van der Waals surface area contributed by atoms with Gasteiger partial charge in [-0.3, -0.25) is 9.79 Å². The van der Waals surface area contributed by atoms with E-state index in [1.165, 1.54) is 17.3 Å². The van der Waals surface area contributed by atoms with Crippen LogP contribution in [0.3, 0.4) is 0 Å². The highest BCUT2D eigenvalue weighted by atomic mass is 32.2. The van der Waals surface area contributed by atoms with E-state index in [2.05, 4.69) is 36.4 Å². The van der Waals surface area contributed by atoms with Crippen LogP contribution < -0.4 is 0 Å². The molecule has 4 rings (SSSR count). The fourth-order valence-electron chi connectivity index (χ4n) is 4.03. The maximum absolute atomic E-state index is 13.7. The molecule has 3 aromatic rings. The summed E-state index contributed by atoms with van der Waals surface area (Å²) in [5.41, 5.74) is 5.34. The van der Waals surface area contributed by atoms with Crippen LogP contribution in [0.25, 0.3) is 16.9 Å². The highest BCUT2D eigenvalue weighted by Crippen LogP contribution is 2.37. The monoisotopic (exact) mass is 452 g/mol. The minimum Gasteiger partial charge on any atom is -0.290 e. The van der Waals surface area contributed by atoms with E-state index >= 15 is 0 Å². The van der Waals surface area contributed by atoms with Crippen LogP contribution in [0.5, 0.6) is 0 Å². The number of hydrogen-bond acceptors (Lipinski definition) is 5. The number of carbonyl (C=O) groups excluding carboxylic acids is 1. The largest absolute Gasteiger partial charge is 0.290 e. The Morgan fingerprint density at radius 1 is 1.15 bits per heavy atom. The van der Waals surface area contributed by atoms with Gasteiger partial charge in [-0.1, -0.05) is 54.6 Å². The molecule has 33 heavy (non-hydrogen) atoms. The molecule has 0 N–H and O–H groups in total. The lowest BCUT2D eigenvalue weighted by atomic mass is 9.87. The lowest BCUT2D eigenvalue weighted by molar-refractivity contribution is 0.0970. The molecule has 0 spiro atoms. The van der Waals surface area contributed by atoms with Crippen LogP contribution >= 0.6 is 11.8 Å². The number of fused-ring (bicyclic) bond motifs is 3. The van der Waals surface area contributed by atoms with Crippen molar-refractivity contribution >= 4 is 22.6 Å². The summed E-state index contributed by atoms with van der Waals surface area (Å²) in [7, 11) is 0. The average Bonchev–Trinajstić information content (AvgIpc) is 3.26. The number of thioether (sulfide) groups is 1. The van der Waals surface area contributed by atoms with Gasteiger partial charge < -0.3 is 0 Å². The highest BCUT2D eigenvalue weighted by Gasteiger charge is 2.34. The number of hydrogen-bond donors (Lipinski definition) is 0. The van der Waals surface area contributed by atoms with Gasteiger partial charge in [0.15, 0.2) is 5.92 Å². The predicted molar refractivity (Wildman–Crippen MR) is 135 cm³/mol. The number of para-hydroxylation sites is 1. The zero-order valence-corrected chi connectivity index (χ0v) is 19.1. The molecule has 0 saturated carbocycles. The summed E-state index contributed by atoms with van der Waals surface area (Å²) in [6, 6.07) is 20.2. The molecule has 6 heteroatoms. The predicted octanol–water partition coefficient (Wildman–Crippen LogP) is 5.46. The van der Waals surface area contributed by atoms with Gasteiger partial charge >= 0.3 is 0 Å². The highest BCUT2D eigenvalue weighted by molar-refractivity contribution is 8.14. The van der Waals surface area contributed by atoms with Gasteiger partial charge in [0.05, 0.1) is 29.0 Å². The Morgan fingerprint density at radius 2 is 1.91 bits per heavy atom. The number of aromatic nitrogens is 2. The van der Waals surface area contributed by atoms with E-state index in [4.69, 9.17) is 5.10 Å². The number of nitriles is 1. The second kappa shape index (κ2) is 10.3. The minimum absolute atomic E-state index is 0.317. The van der Waals surface area contributed by atoms with Crippen LogP contribution in [0.4, 0.5) is 0 Å². The van der Waals surface area contributed by atoms with Gasteiger partial charge in [0.1, 0.15) is 5.69 Å². The molecule has 1 aliphatic carbocycles. The van der Waals surface area contributed by atoms with Gasteiger partial charge in [-0.15, -0.1) is 24.9 Å². The van der Waals surface area contributed by atoms with E-state index < -0.39 is 5.92 Å². The summed E-state index contributed by atoms with van der Waals surface area (Å²) >= 11 is 1.35. The molecule has 0 bridgehead atoms. The van der Waals surface area contributed by atoms with Crippen LogP contribution in [0, 0.1) is 17.2 Å². The summed E-state index contributed by atoms with van der Waals surface area (Å²) < 4.78 is 1.84. The van der Waals surface area contributed by atoms with Crippen molar-refractivity contribution in [2.75, 3.05) is 12.3 Å². The number of ketones is 1. The lowest BCUT2D eigenvalue weighted by Crippen LogP contribution is -2.23. The first kappa shape index (κ1) is 22.5. The molecular formula is C27H24N4OS. The molecule has 0 fully saturated rings. The summed E-state index contributed by atoms with van der Waals surface area (Å²) in [5, 5.41) is 15.2. The van der Waals surface area contributed by atoms with E-state index in [1.54, 1.807) is 12.2 Å². The standard InChI is InChI=1S/C27H24N4OS/c1-3-16-29-27(33-17-4-2)23(18-28)26(32)24-22-15-14-19-10-8-9-13-21(19)25(22)31(30-24)20-11-6-5-7-12-20/h3-13,23H,1-2,14-17H2. The Balaban J connectivity index is 1.86. The maximum atomic E-state index is 13.7. The number of aliphatic imine (C=N–C) groups is 1.